The molecule has 2 aliphatic rings. The number of rotatable bonds is 3. The van der Waals surface area contributed by atoms with Gasteiger partial charge in [0.2, 0.25) is 5.91 Å². The van der Waals surface area contributed by atoms with Gasteiger partial charge in [-0.25, -0.2) is 4.39 Å². The van der Waals surface area contributed by atoms with Gasteiger partial charge in [0.25, 0.3) is 0 Å². The maximum Gasteiger partial charge on any atom is 0.233 e. The standard InChI is InChI=1S/C18H20FN3O/c1-13-10-20-22(11-13)16-6-9-21(12-16)17(23)18(7-8-18)14-2-4-15(19)5-3-14/h2-5,10-11,16H,6-9,12H2,1H3. The molecule has 2 heterocycles. The lowest BCUT2D eigenvalue weighted by atomic mass is 9.94. The predicted molar refractivity (Wildman–Crippen MR) is 84.5 cm³/mol. The quantitative estimate of drug-likeness (QED) is 0.874. The van der Waals surface area contributed by atoms with Gasteiger partial charge >= 0.3 is 0 Å². The minimum atomic E-state index is -0.414. The molecule has 1 saturated heterocycles. The number of hydrogen-bond donors (Lipinski definition) is 0. The summed E-state index contributed by atoms with van der Waals surface area (Å²) in [5.41, 5.74) is 1.67. The molecule has 4 rings (SSSR count). The van der Waals surface area contributed by atoms with E-state index in [9.17, 15) is 9.18 Å². The SMILES string of the molecule is Cc1cnn(C2CCN(C(=O)C3(c4ccc(F)cc4)CC3)C2)c1. The number of nitrogens with zero attached hydrogens (tertiary/aromatic N) is 3. The summed E-state index contributed by atoms with van der Waals surface area (Å²) in [6.45, 7) is 3.50. The third-order valence-corrected chi connectivity index (χ3v) is 5.11. The van der Waals surface area contributed by atoms with Crippen molar-refractivity contribution in [2.45, 2.75) is 37.6 Å². The Morgan fingerprint density at radius 1 is 1.30 bits per heavy atom. The first-order valence-electron chi connectivity index (χ1n) is 8.15. The van der Waals surface area contributed by atoms with E-state index in [0.717, 1.165) is 36.9 Å². The molecule has 0 radical (unpaired) electrons. The Bertz CT molecular complexity index is 733. The molecule has 1 aromatic heterocycles. The van der Waals surface area contributed by atoms with Crippen LogP contribution in [0.2, 0.25) is 0 Å². The van der Waals surface area contributed by atoms with E-state index in [4.69, 9.17) is 0 Å². The van der Waals surface area contributed by atoms with Gasteiger partial charge in [-0.1, -0.05) is 12.1 Å². The molecule has 0 bridgehead atoms. The van der Waals surface area contributed by atoms with Crippen LogP contribution < -0.4 is 0 Å². The molecule has 120 valence electrons. The van der Waals surface area contributed by atoms with Gasteiger partial charge in [-0.05, 0) is 49.4 Å². The Morgan fingerprint density at radius 3 is 2.65 bits per heavy atom. The van der Waals surface area contributed by atoms with Gasteiger partial charge in [-0.3, -0.25) is 9.48 Å². The first-order chi connectivity index (χ1) is 11.1. The normalized spacial score (nSPS) is 22.3. The lowest BCUT2D eigenvalue weighted by Crippen LogP contribution is -2.38. The number of benzene rings is 1. The van der Waals surface area contributed by atoms with Crippen LogP contribution in [0, 0.1) is 12.7 Å². The van der Waals surface area contributed by atoms with Gasteiger partial charge < -0.3 is 4.90 Å². The van der Waals surface area contributed by atoms with Gasteiger partial charge in [-0.15, -0.1) is 0 Å². The molecule has 2 aromatic rings. The van der Waals surface area contributed by atoms with E-state index >= 15 is 0 Å². The van der Waals surface area contributed by atoms with Crippen molar-refractivity contribution in [3.63, 3.8) is 0 Å². The highest BCUT2D eigenvalue weighted by molar-refractivity contribution is 5.91. The van der Waals surface area contributed by atoms with Crippen LogP contribution in [0.3, 0.4) is 0 Å². The molecule has 1 unspecified atom stereocenters. The van der Waals surface area contributed by atoms with Crippen LogP contribution in [0.25, 0.3) is 0 Å². The van der Waals surface area contributed by atoms with Gasteiger partial charge in [0, 0.05) is 19.3 Å². The third kappa shape index (κ3) is 2.44. The predicted octanol–water partition coefficient (Wildman–Crippen LogP) is 2.84. The highest BCUT2D eigenvalue weighted by Gasteiger charge is 2.53. The molecule has 1 saturated carbocycles. The minimum absolute atomic E-state index is 0.190. The van der Waals surface area contributed by atoms with E-state index in [1.54, 1.807) is 12.1 Å². The van der Waals surface area contributed by atoms with Crippen molar-refractivity contribution in [3.8, 4) is 0 Å². The largest absolute Gasteiger partial charge is 0.340 e. The molecule has 1 aromatic carbocycles. The number of carbonyl (C=O) groups is 1. The second-order valence-electron chi connectivity index (χ2n) is 6.78. The van der Waals surface area contributed by atoms with Gasteiger partial charge in [0.1, 0.15) is 5.82 Å². The Morgan fingerprint density at radius 2 is 2.04 bits per heavy atom. The van der Waals surface area contributed by atoms with Crippen molar-refractivity contribution in [1.82, 2.24) is 14.7 Å². The number of likely N-dealkylation sites (tertiary alicyclic amines) is 1. The van der Waals surface area contributed by atoms with Gasteiger partial charge in [0.05, 0.1) is 17.7 Å². The van der Waals surface area contributed by atoms with Gasteiger partial charge in [-0.2, -0.15) is 5.10 Å². The van der Waals surface area contributed by atoms with E-state index in [1.807, 2.05) is 28.9 Å². The summed E-state index contributed by atoms with van der Waals surface area (Å²) in [7, 11) is 0. The summed E-state index contributed by atoms with van der Waals surface area (Å²) < 4.78 is 15.1. The van der Waals surface area contributed by atoms with E-state index in [1.165, 1.54) is 12.1 Å². The fraction of sp³-hybridized carbons (Fsp3) is 0.444. The maximum atomic E-state index is 13.1. The summed E-state index contributed by atoms with van der Waals surface area (Å²) >= 11 is 0. The number of carbonyl (C=O) groups excluding carboxylic acids is 1. The first-order valence-corrected chi connectivity index (χ1v) is 8.15. The zero-order valence-electron chi connectivity index (χ0n) is 13.2. The lowest BCUT2D eigenvalue weighted by molar-refractivity contribution is -0.133. The summed E-state index contributed by atoms with van der Waals surface area (Å²) in [6.07, 6.45) is 6.54. The van der Waals surface area contributed by atoms with Crippen molar-refractivity contribution in [3.05, 3.63) is 53.6 Å². The van der Waals surface area contributed by atoms with Crippen LogP contribution in [0.4, 0.5) is 4.39 Å². The first kappa shape index (κ1) is 14.4. The van der Waals surface area contributed by atoms with Crippen molar-refractivity contribution in [2.75, 3.05) is 13.1 Å². The van der Waals surface area contributed by atoms with Crippen molar-refractivity contribution >= 4 is 5.91 Å². The molecule has 1 atom stereocenters. The average molecular weight is 313 g/mol. The van der Waals surface area contributed by atoms with E-state index in [-0.39, 0.29) is 17.8 Å². The number of hydrogen-bond acceptors (Lipinski definition) is 2. The Labute approximate surface area is 134 Å². The molecular formula is C18H20FN3O. The lowest BCUT2D eigenvalue weighted by Gasteiger charge is -2.23. The van der Waals surface area contributed by atoms with Crippen LogP contribution in [0.15, 0.2) is 36.7 Å². The number of aryl methyl sites for hydroxylation is 1. The van der Waals surface area contributed by atoms with Crippen LogP contribution >= 0.6 is 0 Å². The zero-order chi connectivity index (χ0) is 16.0. The molecule has 0 spiro atoms. The highest BCUT2D eigenvalue weighted by Crippen LogP contribution is 2.50. The summed E-state index contributed by atoms with van der Waals surface area (Å²) in [5, 5.41) is 4.37. The fourth-order valence-electron chi connectivity index (χ4n) is 3.60. The highest BCUT2D eigenvalue weighted by atomic mass is 19.1. The second kappa shape index (κ2) is 5.18. The Hall–Kier alpha value is -2.17. The third-order valence-electron chi connectivity index (χ3n) is 5.11. The van der Waals surface area contributed by atoms with Crippen LogP contribution in [0.5, 0.6) is 0 Å². The minimum Gasteiger partial charge on any atom is -0.340 e. The van der Waals surface area contributed by atoms with E-state index in [0.29, 0.717) is 6.54 Å². The number of aromatic nitrogens is 2. The molecule has 1 aliphatic heterocycles. The van der Waals surface area contributed by atoms with Crippen LogP contribution in [0.1, 0.15) is 36.4 Å². The monoisotopic (exact) mass is 313 g/mol. The summed E-state index contributed by atoms with van der Waals surface area (Å²) in [5.74, 6) is -0.0669. The average Bonchev–Trinajstić information content (AvgIpc) is 3.00. The molecule has 1 aliphatic carbocycles. The fourth-order valence-corrected chi connectivity index (χ4v) is 3.60. The Kier molecular flexibility index (Phi) is 3.25. The smallest absolute Gasteiger partial charge is 0.233 e. The van der Waals surface area contributed by atoms with Crippen LogP contribution in [-0.4, -0.2) is 33.7 Å². The van der Waals surface area contributed by atoms with E-state index in [2.05, 4.69) is 5.10 Å². The molecular weight excluding hydrogens is 293 g/mol. The molecule has 1 amide bonds. The van der Waals surface area contributed by atoms with Crippen molar-refractivity contribution in [1.29, 1.82) is 0 Å². The topological polar surface area (TPSA) is 38.1 Å². The number of amides is 1. The summed E-state index contributed by atoms with van der Waals surface area (Å²) in [4.78, 5) is 15.0. The van der Waals surface area contributed by atoms with Crippen LogP contribution in [-0.2, 0) is 10.2 Å². The maximum absolute atomic E-state index is 13.1. The van der Waals surface area contributed by atoms with Crippen molar-refractivity contribution in [2.24, 2.45) is 0 Å². The molecule has 4 nitrogen and oxygen atoms in total. The molecule has 23 heavy (non-hydrogen) atoms. The zero-order valence-corrected chi connectivity index (χ0v) is 13.2. The molecule has 5 heteroatoms. The second-order valence-corrected chi connectivity index (χ2v) is 6.78. The summed E-state index contributed by atoms with van der Waals surface area (Å²) in [6, 6.07) is 6.66. The molecule has 0 N–H and O–H groups in total. The van der Waals surface area contributed by atoms with Crippen molar-refractivity contribution < 1.29 is 9.18 Å². The number of halogens is 1. The molecule has 2 fully saturated rings. The van der Waals surface area contributed by atoms with E-state index < -0.39 is 5.41 Å². The van der Waals surface area contributed by atoms with Gasteiger partial charge in [0.15, 0.2) is 0 Å². The Balaban J connectivity index is 1.50.